The summed E-state index contributed by atoms with van der Waals surface area (Å²) < 4.78 is 66.0. The maximum Gasteiger partial charge on any atom is 0.329 e. The molecule has 13 heavy (non-hydrogen) atoms. The van der Waals surface area contributed by atoms with Crippen LogP contribution in [0.25, 0.3) is 0 Å². The van der Waals surface area contributed by atoms with Gasteiger partial charge in [-0.3, -0.25) is 4.74 Å². The molecule has 1 heterocycles. The van der Waals surface area contributed by atoms with E-state index < -0.39 is 34.9 Å². The van der Waals surface area contributed by atoms with Crippen molar-refractivity contribution in [1.82, 2.24) is 0 Å². The SMILES string of the molecule is OC12OC1(F)C(F)=C(F)C(F)=C2F. The van der Waals surface area contributed by atoms with Crippen LogP contribution in [0.4, 0.5) is 22.0 Å². The van der Waals surface area contributed by atoms with E-state index in [-0.39, 0.29) is 0 Å². The molecule has 1 N–H and O–H groups in total. The molecule has 0 aromatic heterocycles. The van der Waals surface area contributed by atoms with Gasteiger partial charge in [-0.2, -0.15) is 4.39 Å². The number of ether oxygens (including phenoxy) is 1. The second kappa shape index (κ2) is 1.93. The Morgan fingerprint density at radius 2 is 1.46 bits per heavy atom. The summed E-state index contributed by atoms with van der Waals surface area (Å²) in [5.74, 6) is -16.1. The number of aliphatic hydroxyl groups is 1. The van der Waals surface area contributed by atoms with Gasteiger partial charge in [-0.05, 0) is 0 Å². The standard InChI is InChI=1S/C6HF5O2/c7-1-2(8)4(10)6(12)5(11,13-6)3(1)9/h12H. The fourth-order valence-electron chi connectivity index (χ4n) is 1.04. The van der Waals surface area contributed by atoms with E-state index in [0.717, 1.165) is 0 Å². The smallest absolute Gasteiger partial charge is 0.329 e. The van der Waals surface area contributed by atoms with E-state index in [9.17, 15) is 22.0 Å². The van der Waals surface area contributed by atoms with Gasteiger partial charge in [0.05, 0.1) is 0 Å². The Morgan fingerprint density at radius 1 is 1.00 bits per heavy atom. The molecule has 0 amide bonds. The molecule has 0 saturated carbocycles. The molecule has 1 saturated heterocycles. The van der Waals surface area contributed by atoms with Crippen LogP contribution < -0.4 is 0 Å². The van der Waals surface area contributed by atoms with Gasteiger partial charge in [-0.1, -0.05) is 0 Å². The van der Waals surface area contributed by atoms with Gasteiger partial charge in [0, 0.05) is 0 Å². The Bertz CT molecular complexity index is 328. The highest BCUT2D eigenvalue weighted by molar-refractivity contribution is 5.44. The van der Waals surface area contributed by atoms with Crippen molar-refractivity contribution in [3.8, 4) is 0 Å². The third-order valence-electron chi connectivity index (χ3n) is 1.84. The molecular formula is C6HF5O2. The first-order chi connectivity index (χ1) is 5.84. The van der Waals surface area contributed by atoms with Gasteiger partial charge in [-0.15, -0.1) is 0 Å². The number of alkyl halides is 1. The topological polar surface area (TPSA) is 32.8 Å². The van der Waals surface area contributed by atoms with Gasteiger partial charge in [-0.25, -0.2) is 17.6 Å². The molecule has 2 rings (SSSR count). The minimum Gasteiger partial charge on any atom is -0.355 e. The van der Waals surface area contributed by atoms with Crippen molar-refractivity contribution in [1.29, 1.82) is 0 Å². The Kier molecular flexibility index (Phi) is 1.28. The molecule has 2 unspecified atom stereocenters. The largest absolute Gasteiger partial charge is 0.355 e. The van der Waals surface area contributed by atoms with Gasteiger partial charge in [0.15, 0.2) is 11.7 Å². The Hall–Kier alpha value is -0.950. The van der Waals surface area contributed by atoms with Crippen molar-refractivity contribution in [2.75, 3.05) is 0 Å². The van der Waals surface area contributed by atoms with Crippen LogP contribution in [0.2, 0.25) is 0 Å². The highest BCUT2D eigenvalue weighted by Gasteiger charge is 2.82. The summed E-state index contributed by atoms with van der Waals surface area (Å²) in [5, 5.41) is 8.72. The van der Waals surface area contributed by atoms with E-state index in [1.807, 2.05) is 0 Å². The fraction of sp³-hybridized carbons (Fsp3) is 0.333. The zero-order chi connectivity index (χ0) is 10.0. The van der Waals surface area contributed by atoms with Gasteiger partial charge in [0.2, 0.25) is 11.7 Å². The normalized spacial score (nSPS) is 43.8. The highest BCUT2D eigenvalue weighted by atomic mass is 19.2. The lowest BCUT2D eigenvalue weighted by Crippen LogP contribution is -2.27. The van der Waals surface area contributed by atoms with Gasteiger partial charge in [0.25, 0.3) is 5.79 Å². The number of hydrogen-bond donors (Lipinski definition) is 1. The van der Waals surface area contributed by atoms with Crippen LogP contribution in [0, 0.1) is 0 Å². The molecule has 1 aliphatic heterocycles. The van der Waals surface area contributed by atoms with Crippen molar-refractivity contribution in [3.63, 3.8) is 0 Å². The van der Waals surface area contributed by atoms with Crippen molar-refractivity contribution in [3.05, 3.63) is 23.3 Å². The van der Waals surface area contributed by atoms with Crippen molar-refractivity contribution < 1.29 is 31.8 Å². The molecule has 0 spiro atoms. The fourth-order valence-corrected chi connectivity index (χ4v) is 1.04. The number of hydrogen-bond acceptors (Lipinski definition) is 2. The Balaban J connectivity index is 2.63. The van der Waals surface area contributed by atoms with Crippen LogP contribution in [0.5, 0.6) is 0 Å². The van der Waals surface area contributed by atoms with E-state index in [4.69, 9.17) is 5.11 Å². The second-order valence-electron chi connectivity index (χ2n) is 2.60. The molecule has 0 bridgehead atoms. The van der Waals surface area contributed by atoms with Crippen LogP contribution in [-0.4, -0.2) is 16.7 Å². The minimum atomic E-state index is -3.61. The quantitative estimate of drug-likeness (QED) is 0.476. The molecule has 7 heteroatoms. The van der Waals surface area contributed by atoms with Crippen LogP contribution in [0.1, 0.15) is 0 Å². The Labute approximate surface area is 67.9 Å². The molecule has 2 atom stereocenters. The van der Waals surface area contributed by atoms with Gasteiger partial charge < -0.3 is 5.11 Å². The lowest BCUT2D eigenvalue weighted by Gasteiger charge is -2.11. The predicted molar refractivity (Wildman–Crippen MR) is 28.4 cm³/mol. The molecule has 1 aliphatic carbocycles. The molecule has 1 fully saturated rings. The number of rotatable bonds is 0. The van der Waals surface area contributed by atoms with Crippen LogP contribution >= 0.6 is 0 Å². The number of epoxide rings is 1. The Morgan fingerprint density at radius 3 is 2.00 bits per heavy atom. The summed E-state index contributed by atoms with van der Waals surface area (Å²) in [7, 11) is 0. The molecule has 0 radical (unpaired) electrons. The molecular weight excluding hydrogens is 199 g/mol. The van der Waals surface area contributed by atoms with Crippen molar-refractivity contribution >= 4 is 0 Å². The minimum absolute atomic E-state index is 2.20. The summed E-state index contributed by atoms with van der Waals surface area (Å²) in [6.45, 7) is 0. The van der Waals surface area contributed by atoms with Crippen molar-refractivity contribution in [2.24, 2.45) is 0 Å². The van der Waals surface area contributed by atoms with Crippen LogP contribution in [0.15, 0.2) is 23.3 Å². The third kappa shape index (κ3) is 0.696. The number of halogens is 5. The first-order valence-corrected chi connectivity index (χ1v) is 3.08. The zero-order valence-corrected chi connectivity index (χ0v) is 5.75. The molecule has 2 nitrogen and oxygen atoms in total. The first-order valence-electron chi connectivity index (χ1n) is 3.08. The first kappa shape index (κ1) is 8.64. The molecule has 0 aromatic rings. The summed E-state index contributed by atoms with van der Waals surface area (Å²) in [5.41, 5.74) is 0. The highest BCUT2D eigenvalue weighted by Crippen LogP contribution is 2.62. The summed E-state index contributed by atoms with van der Waals surface area (Å²) >= 11 is 0. The van der Waals surface area contributed by atoms with Gasteiger partial charge in [0.1, 0.15) is 0 Å². The van der Waals surface area contributed by atoms with Crippen molar-refractivity contribution in [2.45, 2.75) is 11.6 Å². The number of allylic oxidation sites excluding steroid dienone is 2. The van der Waals surface area contributed by atoms with E-state index in [2.05, 4.69) is 4.74 Å². The van der Waals surface area contributed by atoms with Crippen LogP contribution in [0.3, 0.4) is 0 Å². The van der Waals surface area contributed by atoms with E-state index >= 15 is 0 Å². The lowest BCUT2D eigenvalue weighted by atomic mass is 10.1. The maximum atomic E-state index is 12.8. The third-order valence-corrected chi connectivity index (χ3v) is 1.84. The molecule has 0 aromatic carbocycles. The maximum absolute atomic E-state index is 12.8. The van der Waals surface area contributed by atoms with E-state index in [0.29, 0.717) is 0 Å². The molecule has 2 aliphatic rings. The monoisotopic (exact) mass is 200 g/mol. The van der Waals surface area contributed by atoms with Gasteiger partial charge >= 0.3 is 5.85 Å². The summed E-state index contributed by atoms with van der Waals surface area (Å²) in [6.07, 6.45) is 0. The van der Waals surface area contributed by atoms with E-state index in [1.165, 1.54) is 0 Å². The lowest BCUT2D eigenvalue weighted by molar-refractivity contribution is 0.0444. The van der Waals surface area contributed by atoms with Crippen LogP contribution in [-0.2, 0) is 4.74 Å². The average molecular weight is 200 g/mol. The number of fused-ring (bicyclic) bond motifs is 1. The second-order valence-corrected chi connectivity index (χ2v) is 2.60. The zero-order valence-electron chi connectivity index (χ0n) is 5.75. The average Bonchev–Trinajstić information content (AvgIpc) is 2.66. The van der Waals surface area contributed by atoms with E-state index in [1.54, 1.807) is 0 Å². The predicted octanol–water partition coefficient (Wildman–Crippen LogP) is 1.69. The molecule has 72 valence electrons. The summed E-state index contributed by atoms with van der Waals surface area (Å²) in [6, 6.07) is 0. The summed E-state index contributed by atoms with van der Waals surface area (Å²) in [4.78, 5) is 0.